The molecule has 0 unspecified atom stereocenters. The van der Waals surface area contributed by atoms with E-state index in [1.54, 1.807) is 0 Å². The maximum Gasteiger partial charge on any atom is 0.187 e. The van der Waals surface area contributed by atoms with Gasteiger partial charge in [-0.05, 0) is 110 Å². The van der Waals surface area contributed by atoms with Crippen molar-refractivity contribution in [1.82, 2.24) is 19.5 Å². The van der Waals surface area contributed by atoms with E-state index in [2.05, 4.69) is 128 Å². The number of hydrogen-bond acceptors (Lipinski definition) is 4. The Morgan fingerprint density at radius 2 is 0.812 bits per heavy atom. The highest BCUT2D eigenvalue weighted by molar-refractivity contribution is 6.13. The molecule has 0 aliphatic rings. The van der Waals surface area contributed by atoms with Crippen LogP contribution in [0.2, 0.25) is 0 Å². The van der Waals surface area contributed by atoms with Gasteiger partial charge in [0.2, 0.25) is 0 Å². The Kier molecular flexibility index (Phi) is 10.8. The molecule has 0 aliphatic heterocycles. The van der Waals surface area contributed by atoms with E-state index >= 15 is 0 Å². The van der Waals surface area contributed by atoms with Crippen LogP contribution in [-0.4, -0.2) is 19.5 Å². The average Bonchev–Trinajstić information content (AvgIpc) is 3.70. The second-order valence-electron chi connectivity index (χ2n) is 17.9. The number of rotatable bonds is 8. The fourth-order valence-corrected chi connectivity index (χ4v) is 9.73. The normalized spacial score (nSPS) is 11.2. The molecule has 0 atom stereocenters. The number of aromatic nitrogens is 4. The summed E-state index contributed by atoms with van der Waals surface area (Å²) in [6.45, 7) is 16.5. The molecule has 11 rings (SSSR count). The largest absolute Gasteiger partial charge is 0.308 e. The van der Waals surface area contributed by atoms with E-state index in [-0.39, 0.29) is 0 Å². The number of hydrogen-bond donors (Lipinski definition) is 0. The van der Waals surface area contributed by atoms with Gasteiger partial charge < -0.3 is 4.57 Å². The van der Waals surface area contributed by atoms with Crippen molar-refractivity contribution in [1.29, 1.82) is 5.26 Å². The standard InChI is InChI=1S/C63H44N6/c1-39-28-40(2)31-50(30-39)48-22-26-58-56(34-48)57-35-49(51-32-41(3)29-42(4)33-51)23-27-59(57)69(58)60-54(44-18-16-43(38-64)17-19-44)36-52(37-55(60)45-20-24-53(65-5)25-21-45)63-67-61(46-12-8-6-9-13-46)66-62(68-63)47-14-10-7-11-15-47/h6-37H,1-4H3. The van der Waals surface area contributed by atoms with Crippen LogP contribution in [0, 0.1) is 45.6 Å². The molecule has 0 saturated heterocycles. The molecule has 326 valence electrons. The first-order valence-electron chi connectivity index (χ1n) is 23.0. The van der Waals surface area contributed by atoms with Crippen LogP contribution < -0.4 is 0 Å². The highest BCUT2D eigenvalue weighted by Crippen LogP contribution is 2.45. The summed E-state index contributed by atoms with van der Waals surface area (Å²) in [7, 11) is 0. The molecule has 0 N–H and O–H groups in total. The molecule has 6 nitrogen and oxygen atoms in total. The van der Waals surface area contributed by atoms with Crippen molar-refractivity contribution in [3.8, 4) is 90.4 Å². The summed E-state index contributed by atoms with van der Waals surface area (Å²) in [4.78, 5) is 19.2. The van der Waals surface area contributed by atoms with Crippen molar-refractivity contribution in [3.05, 3.63) is 233 Å². The van der Waals surface area contributed by atoms with Crippen molar-refractivity contribution < 1.29 is 0 Å². The summed E-state index contributed by atoms with van der Waals surface area (Å²) in [5.41, 5.74) is 19.8. The summed E-state index contributed by atoms with van der Waals surface area (Å²) in [6.07, 6.45) is 0. The Balaban J connectivity index is 1.26. The second-order valence-corrected chi connectivity index (χ2v) is 17.9. The minimum absolute atomic E-state index is 0.515. The van der Waals surface area contributed by atoms with E-state index in [1.165, 1.54) is 33.4 Å². The highest BCUT2D eigenvalue weighted by atomic mass is 15.0. The molecular weight excluding hydrogens is 841 g/mol. The Hall–Kier alpha value is -9.23. The minimum atomic E-state index is 0.515. The summed E-state index contributed by atoms with van der Waals surface area (Å²) in [6, 6.07) is 69.4. The number of nitrogens with zero attached hydrogens (tertiary/aromatic N) is 6. The van der Waals surface area contributed by atoms with Crippen molar-refractivity contribution in [2.24, 2.45) is 0 Å². The maximum absolute atomic E-state index is 9.98. The third-order valence-corrected chi connectivity index (χ3v) is 12.8. The molecule has 69 heavy (non-hydrogen) atoms. The third-order valence-electron chi connectivity index (χ3n) is 12.8. The molecule has 9 aromatic carbocycles. The smallest absolute Gasteiger partial charge is 0.187 e. The first-order chi connectivity index (χ1) is 33.7. The molecule has 0 radical (unpaired) electrons. The zero-order valence-electron chi connectivity index (χ0n) is 38.7. The van der Waals surface area contributed by atoms with E-state index in [9.17, 15) is 5.26 Å². The van der Waals surface area contributed by atoms with Gasteiger partial charge in [0.15, 0.2) is 23.2 Å². The Labute approximate surface area is 402 Å². The summed E-state index contributed by atoms with van der Waals surface area (Å²) in [5, 5.41) is 12.2. The molecule has 0 amide bonds. The van der Waals surface area contributed by atoms with Crippen LogP contribution in [0.4, 0.5) is 5.69 Å². The molecule has 0 bridgehead atoms. The predicted octanol–water partition coefficient (Wildman–Crippen LogP) is 16.3. The second kappa shape index (κ2) is 17.5. The predicted molar refractivity (Wildman–Crippen MR) is 282 cm³/mol. The molecule has 2 aromatic heterocycles. The number of aryl methyl sites for hydroxylation is 4. The highest BCUT2D eigenvalue weighted by Gasteiger charge is 2.24. The van der Waals surface area contributed by atoms with Crippen LogP contribution in [0.25, 0.3) is 111 Å². The van der Waals surface area contributed by atoms with Crippen molar-refractivity contribution in [2.75, 3.05) is 0 Å². The third kappa shape index (κ3) is 8.12. The van der Waals surface area contributed by atoms with Crippen LogP contribution in [0.3, 0.4) is 0 Å². The molecule has 0 saturated carbocycles. The maximum atomic E-state index is 9.98. The zero-order chi connectivity index (χ0) is 47.2. The molecule has 2 heterocycles. The van der Waals surface area contributed by atoms with Crippen LogP contribution in [-0.2, 0) is 0 Å². The van der Waals surface area contributed by atoms with Gasteiger partial charge >= 0.3 is 0 Å². The minimum Gasteiger partial charge on any atom is -0.308 e. The first kappa shape index (κ1) is 42.4. The summed E-state index contributed by atoms with van der Waals surface area (Å²) >= 11 is 0. The SMILES string of the molecule is [C-]#[N+]c1ccc(-c2cc(-c3nc(-c4ccccc4)nc(-c4ccccc4)n3)cc(-c3ccc(C#N)cc3)c2-n2c3ccc(-c4cc(C)cc(C)c4)cc3c3cc(-c4cc(C)cc(C)c4)ccc32)cc1. The van der Waals surface area contributed by atoms with Crippen molar-refractivity contribution >= 4 is 27.5 Å². The van der Waals surface area contributed by atoms with E-state index in [0.29, 0.717) is 28.7 Å². The lowest BCUT2D eigenvalue weighted by atomic mass is 9.92. The number of benzene rings is 9. The van der Waals surface area contributed by atoms with Gasteiger partial charge in [0.1, 0.15) is 0 Å². The van der Waals surface area contributed by atoms with E-state index < -0.39 is 0 Å². The molecular formula is C63H44N6. The number of fused-ring (bicyclic) bond motifs is 3. The fourth-order valence-electron chi connectivity index (χ4n) is 9.73. The van der Waals surface area contributed by atoms with E-state index in [4.69, 9.17) is 21.5 Å². The van der Waals surface area contributed by atoms with Gasteiger partial charge in [-0.25, -0.2) is 19.8 Å². The number of nitriles is 1. The first-order valence-corrected chi connectivity index (χ1v) is 23.0. The van der Waals surface area contributed by atoms with E-state index in [1.807, 2.05) is 109 Å². The van der Waals surface area contributed by atoms with Crippen LogP contribution >= 0.6 is 0 Å². The molecule has 6 heteroatoms. The van der Waals surface area contributed by atoms with Crippen molar-refractivity contribution in [2.45, 2.75) is 27.7 Å². The molecule has 11 aromatic rings. The molecule has 0 spiro atoms. The fraction of sp³-hybridized carbons (Fsp3) is 0.0635. The summed E-state index contributed by atoms with van der Waals surface area (Å²) in [5.74, 6) is 1.64. The zero-order valence-corrected chi connectivity index (χ0v) is 38.7. The quantitative estimate of drug-likeness (QED) is 0.143. The lowest BCUT2D eigenvalue weighted by Crippen LogP contribution is -2.04. The van der Waals surface area contributed by atoms with Gasteiger partial charge in [0.05, 0.1) is 34.9 Å². The van der Waals surface area contributed by atoms with Crippen LogP contribution in [0.15, 0.2) is 194 Å². The molecule has 0 fully saturated rings. The van der Waals surface area contributed by atoms with Gasteiger partial charge in [-0.15, -0.1) is 0 Å². The average molecular weight is 885 g/mol. The van der Waals surface area contributed by atoms with Crippen molar-refractivity contribution in [3.63, 3.8) is 0 Å². The lowest BCUT2D eigenvalue weighted by molar-refractivity contribution is 1.07. The Bertz CT molecular complexity index is 3590. The van der Waals surface area contributed by atoms with Gasteiger partial charge in [-0.1, -0.05) is 168 Å². The van der Waals surface area contributed by atoms with Gasteiger partial charge in [-0.2, -0.15) is 5.26 Å². The monoisotopic (exact) mass is 884 g/mol. The summed E-state index contributed by atoms with van der Waals surface area (Å²) < 4.78 is 2.40. The van der Waals surface area contributed by atoms with Crippen LogP contribution in [0.5, 0.6) is 0 Å². The Morgan fingerprint density at radius 3 is 1.23 bits per heavy atom. The van der Waals surface area contributed by atoms with Gasteiger partial charge in [0, 0.05) is 38.6 Å². The van der Waals surface area contributed by atoms with Crippen LogP contribution in [0.1, 0.15) is 27.8 Å². The lowest BCUT2D eigenvalue weighted by Gasteiger charge is -2.21. The Morgan fingerprint density at radius 1 is 0.406 bits per heavy atom. The topological polar surface area (TPSA) is 71.8 Å². The van der Waals surface area contributed by atoms with E-state index in [0.717, 1.165) is 77.6 Å². The van der Waals surface area contributed by atoms with Gasteiger partial charge in [-0.3, -0.25) is 0 Å². The van der Waals surface area contributed by atoms with Gasteiger partial charge in [0.25, 0.3) is 0 Å². The molecule has 0 aliphatic carbocycles.